The van der Waals surface area contributed by atoms with E-state index >= 15 is 0 Å². The van der Waals surface area contributed by atoms with Crippen LogP contribution in [0.25, 0.3) is 11.4 Å². The predicted octanol–water partition coefficient (Wildman–Crippen LogP) is 5.03. The molecule has 1 aromatic heterocycles. The fraction of sp³-hybridized carbons (Fsp3) is 0.261. The predicted molar refractivity (Wildman–Crippen MR) is 119 cm³/mol. The Hall–Kier alpha value is -3.06. The first-order chi connectivity index (χ1) is 14.6. The molecule has 0 atom stereocenters. The number of ether oxygens (including phenoxy) is 2. The molecule has 0 bridgehead atoms. The van der Waals surface area contributed by atoms with E-state index in [0.717, 1.165) is 33.6 Å². The molecule has 2 aromatic carbocycles. The zero-order valence-corrected chi connectivity index (χ0v) is 18.2. The van der Waals surface area contributed by atoms with Gasteiger partial charge in [0.1, 0.15) is 11.5 Å². The third-order valence-corrected chi connectivity index (χ3v) is 5.52. The highest BCUT2D eigenvalue weighted by Gasteiger charge is 2.15. The summed E-state index contributed by atoms with van der Waals surface area (Å²) in [6, 6.07) is 13.3. The summed E-state index contributed by atoms with van der Waals surface area (Å²) in [5.74, 6) is 2.97. The number of thioether (sulfide) groups is 1. The minimum Gasteiger partial charge on any atom is -0.497 e. The third-order valence-electron chi connectivity index (χ3n) is 4.50. The number of Topliss-reactive ketones (excluding diaryl/α,β-unsaturated/α-hetero) is 1. The first kappa shape index (κ1) is 21.6. The summed E-state index contributed by atoms with van der Waals surface area (Å²) in [7, 11) is 1.64. The summed E-state index contributed by atoms with van der Waals surface area (Å²) in [6.07, 6.45) is 1.82. The van der Waals surface area contributed by atoms with Gasteiger partial charge in [-0.2, -0.15) is 0 Å². The van der Waals surface area contributed by atoms with E-state index in [4.69, 9.17) is 9.47 Å². The van der Waals surface area contributed by atoms with Gasteiger partial charge in [0.25, 0.3) is 0 Å². The number of nitrogens with zero attached hydrogens (tertiary/aromatic N) is 3. The number of benzene rings is 2. The average molecular weight is 424 g/mol. The van der Waals surface area contributed by atoms with Crippen LogP contribution in [-0.2, 0) is 12.3 Å². The summed E-state index contributed by atoms with van der Waals surface area (Å²) >= 11 is 1.55. The molecule has 6 nitrogen and oxygen atoms in total. The average Bonchev–Trinajstić information content (AvgIpc) is 3.16. The van der Waals surface area contributed by atoms with Gasteiger partial charge in [-0.05, 0) is 56.3 Å². The molecule has 1 heterocycles. The fourth-order valence-corrected chi connectivity index (χ4v) is 3.92. The van der Waals surface area contributed by atoms with Crippen LogP contribution in [0.3, 0.4) is 0 Å². The molecular weight excluding hydrogens is 398 g/mol. The Morgan fingerprint density at radius 3 is 2.60 bits per heavy atom. The molecule has 156 valence electrons. The molecular formula is C23H25N3O3S. The Balaban J connectivity index is 1.88. The van der Waals surface area contributed by atoms with Gasteiger partial charge in [-0.15, -0.1) is 16.8 Å². The molecule has 0 fully saturated rings. The van der Waals surface area contributed by atoms with Gasteiger partial charge in [0.2, 0.25) is 0 Å². The number of carbonyl (C=O) groups excluding carboxylic acids is 1. The van der Waals surface area contributed by atoms with Crippen LogP contribution in [0.5, 0.6) is 11.5 Å². The maximum atomic E-state index is 11.8. The van der Waals surface area contributed by atoms with Gasteiger partial charge in [-0.3, -0.25) is 9.36 Å². The summed E-state index contributed by atoms with van der Waals surface area (Å²) in [6.45, 7) is 8.52. The van der Waals surface area contributed by atoms with Crippen molar-refractivity contribution in [3.63, 3.8) is 0 Å². The van der Waals surface area contributed by atoms with Crippen molar-refractivity contribution >= 4 is 17.5 Å². The van der Waals surface area contributed by atoms with Crippen LogP contribution in [0.4, 0.5) is 0 Å². The normalized spacial score (nSPS) is 10.6. The van der Waals surface area contributed by atoms with Crippen molar-refractivity contribution in [1.82, 2.24) is 14.8 Å². The van der Waals surface area contributed by atoms with Crippen molar-refractivity contribution in [2.45, 2.75) is 31.3 Å². The Kier molecular flexibility index (Phi) is 7.30. The van der Waals surface area contributed by atoms with Gasteiger partial charge >= 0.3 is 0 Å². The van der Waals surface area contributed by atoms with Gasteiger partial charge in [0.15, 0.2) is 16.8 Å². The van der Waals surface area contributed by atoms with Crippen LogP contribution in [0.1, 0.15) is 29.8 Å². The van der Waals surface area contributed by atoms with E-state index in [2.05, 4.69) is 16.8 Å². The Labute approximate surface area is 180 Å². The van der Waals surface area contributed by atoms with E-state index in [1.165, 1.54) is 0 Å². The van der Waals surface area contributed by atoms with Crippen molar-refractivity contribution < 1.29 is 14.3 Å². The number of hydrogen-bond donors (Lipinski definition) is 0. The molecule has 3 aromatic rings. The largest absolute Gasteiger partial charge is 0.497 e. The molecule has 0 spiro atoms. The van der Waals surface area contributed by atoms with Crippen LogP contribution in [-0.4, -0.2) is 34.3 Å². The molecule has 0 saturated heterocycles. The molecule has 0 unspecified atom stereocenters. The van der Waals surface area contributed by atoms with E-state index in [-0.39, 0.29) is 5.78 Å². The van der Waals surface area contributed by atoms with Crippen molar-refractivity contribution in [2.24, 2.45) is 0 Å². The van der Waals surface area contributed by atoms with Crippen molar-refractivity contribution in [3.05, 3.63) is 66.2 Å². The molecule has 0 aliphatic carbocycles. The molecule has 0 N–H and O–H groups in total. The smallest absolute Gasteiger partial charge is 0.192 e. The molecule has 0 saturated carbocycles. The lowest BCUT2D eigenvalue weighted by molar-refractivity contribution is 0.101. The van der Waals surface area contributed by atoms with E-state index in [1.54, 1.807) is 31.9 Å². The topological polar surface area (TPSA) is 66.2 Å². The van der Waals surface area contributed by atoms with Gasteiger partial charge in [-0.25, -0.2) is 0 Å². The molecule has 0 aliphatic rings. The van der Waals surface area contributed by atoms with Gasteiger partial charge in [-0.1, -0.05) is 17.8 Å². The molecule has 0 aliphatic heterocycles. The Morgan fingerprint density at radius 1 is 1.20 bits per heavy atom. The number of aromatic nitrogens is 3. The molecule has 3 rings (SSSR count). The van der Waals surface area contributed by atoms with Crippen molar-refractivity contribution in [2.75, 3.05) is 13.7 Å². The first-order valence-corrected chi connectivity index (χ1v) is 10.6. The van der Waals surface area contributed by atoms with E-state index in [1.807, 2.05) is 54.0 Å². The Bertz CT molecular complexity index is 1030. The Morgan fingerprint density at radius 2 is 1.97 bits per heavy atom. The summed E-state index contributed by atoms with van der Waals surface area (Å²) in [4.78, 5) is 11.8. The number of ketones is 1. The maximum absolute atomic E-state index is 11.8. The number of hydrogen-bond acceptors (Lipinski definition) is 6. The quantitative estimate of drug-likeness (QED) is 0.259. The number of allylic oxidation sites excluding steroid dienone is 1. The minimum absolute atomic E-state index is 0.0286. The molecule has 0 radical (unpaired) electrons. The van der Waals surface area contributed by atoms with E-state index in [9.17, 15) is 4.79 Å². The lowest BCUT2D eigenvalue weighted by Gasteiger charge is -2.12. The van der Waals surface area contributed by atoms with Crippen LogP contribution in [0.2, 0.25) is 0 Å². The summed E-state index contributed by atoms with van der Waals surface area (Å²) < 4.78 is 13.0. The van der Waals surface area contributed by atoms with Crippen LogP contribution < -0.4 is 9.47 Å². The minimum atomic E-state index is 0.0286. The van der Waals surface area contributed by atoms with Gasteiger partial charge < -0.3 is 9.47 Å². The maximum Gasteiger partial charge on any atom is 0.192 e. The monoisotopic (exact) mass is 423 g/mol. The lowest BCUT2D eigenvalue weighted by atomic mass is 10.1. The summed E-state index contributed by atoms with van der Waals surface area (Å²) in [5.41, 5.74) is 2.57. The molecule has 0 amide bonds. The summed E-state index contributed by atoms with van der Waals surface area (Å²) in [5, 5.41) is 9.56. The van der Waals surface area contributed by atoms with Crippen molar-refractivity contribution in [3.8, 4) is 22.9 Å². The van der Waals surface area contributed by atoms with E-state index in [0.29, 0.717) is 24.5 Å². The highest BCUT2D eigenvalue weighted by molar-refractivity contribution is 7.98. The number of carbonyl (C=O) groups is 1. The van der Waals surface area contributed by atoms with Gasteiger partial charge in [0, 0.05) is 29.0 Å². The highest BCUT2D eigenvalue weighted by Crippen LogP contribution is 2.31. The second-order valence-corrected chi connectivity index (χ2v) is 7.48. The third kappa shape index (κ3) is 4.91. The second kappa shape index (κ2) is 10.1. The SMILES string of the molecule is C=CCn1c(SCc2cc(C(C)=O)ccc2OCC)nnc1-c1ccc(OC)cc1. The highest BCUT2D eigenvalue weighted by atomic mass is 32.2. The standard InChI is InChI=1S/C23H25N3O3S/c1-5-13-26-22(17-7-10-20(28-4)11-8-17)24-25-23(26)30-15-19-14-18(16(3)27)9-12-21(19)29-6-2/h5,7-12,14H,1,6,13,15H2,2-4H3. The van der Waals surface area contributed by atoms with E-state index < -0.39 is 0 Å². The van der Waals surface area contributed by atoms with Crippen LogP contribution in [0.15, 0.2) is 60.3 Å². The molecule has 30 heavy (non-hydrogen) atoms. The van der Waals surface area contributed by atoms with Crippen LogP contribution >= 0.6 is 11.8 Å². The molecule has 7 heteroatoms. The fourth-order valence-electron chi connectivity index (χ4n) is 2.99. The number of methoxy groups -OCH3 is 1. The zero-order chi connectivity index (χ0) is 21.5. The lowest BCUT2D eigenvalue weighted by Crippen LogP contribution is -2.02. The zero-order valence-electron chi connectivity index (χ0n) is 17.4. The van der Waals surface area contributed by atoms with Crippen LogP contribution in [0, 0.1) is 0 Å². The second-order valence-electron chi connectivity index (χ2n) is 6.53. The first-order valence-electron chi connectivity index (χ1n) is 9.65. The van der Waals surface area contributed by atoms with Gasteiger partial charge in [0.05, 0.1) is 13.7 Å². The number of rotatable bonds is 10. The van der Waals surface area contributed by atoms with Crippen molar-refractivity contribution in [1.29, 1.82) is 0 Å².